The molecule has 9 heteroatoms. The summed E-state index contributed by atoms with van der Waals surface area (Å²) in [5, 5.41) is 11.3. The molecule has 0 aliphatic carbocycles. The maximum Gasteiger partial charge on any atom is 0.311 e. The van der Waals surface area contributed by atoms with Crippen LogP contribution >= 0.6 is 23.4 Å². The van der Waals surface area contributed by atoms with Crippen LogP contribution in [0.25, 0.3) is 0 Å². The summed E-state index contributed by atoms with van der Waals surface area (Å²) < 4.78 is 4.38. The molecule has 0 radical (unpaired) electrons. The van der Waals surface area contributed by atoms with Crippen molar-refractivity contribution in [3.63, 3.8) is 0 Å². The van der Waals surface area contributed by atoms with Gasteiger partial charge in [-0.1, -0.05) is 54.1 Å². The van der Waals surface area contributed by atoms with Crippen molar-refractivity contribution >= 4 is 46.8 Å². The van der Waals surface area contributed by atoms with Crippen LogP contribution in [-0.2, 0) is 19.1 Å². The van der Waals surface area contributed by atoms with Gasteiger partial charge in [0.25, 0.3) is 5.91 Å². The Hall–Kier alpha value is -3.07. The van der Waals surface area contributed by atoms with Crippen molar-refractivity contribution in [1.29, 1.82) is 0 Å². The first-order valence-corrected chi connectivity index (χ1v) is 16.1. The summed E-state index contributed by atoms with van der Waals surface area (Å²) in [6, 6.07) is 14.6. The number of likely N-dealkylation sites (tertiary alicyclic amines) is 1. The molecule has 0 aromatic heterocycles. The average molecular weight is 623 g/mol. The smallest absolute Gasteiger partial charge is 0.311 e. The number of benzene rings is 2. The van der Waals surface area contributed by atoms with Gasteiger partial charge in [0, 0.05) is 22.0 Å². The summed E-state index contributed by atoms with van der Waals surface area (Å²) in [6.45, 7) is 9.76. The number of halogens is 1. The van der Waals surface area contributed by atoms with Crippen LogP contribution in [0.15, 0.2) is 79.9 Å². The number of esters is 1. The van der Waals surface area contributed by atoms with E-state index in [-0.39, 0.29) is 37.5 Å². The highest BCUT2D eigenvalue weighted by molar-refractivity contribution is 8.02. The number of aliphatic hydroxyl groups excluding tert-OH is 1. The maximum absolute atomic E-state index is 14.8. The molecule has 2 unspecified atom stereocenters. The predicted molar refractivity (Wildman–Crippen MR) is 171 cm³/mol. The van der Waals surface area contributed by atoms with Crippen LogP contribution in [-0.4, -0.2) is 63.1 Å². The Balaban J connectivity index is 1.58. The first-order chi connectivity index (χ1) is 20.7. The van der Waals surface area contributed by atoms with Gasteiger partial charge in [0.2, 0.25) is 5.91 Å². The van der Waals surface area contributed by atoms with Crippen LogP contribution in [0.1, 0.15) is 50.6 Å². The van der Waals surface area contributed by atoms with Crippen molar-refractivity contribution in [2.45, 2.75) is 60.6 Å². The number of hydrogen-bond donors (Lipinski definition) is 1. The number of amides is 2. The lowest BCUT2D eigenvalue weighted by Crippen LogP contribution is -2.56. The number of hydrogen-bond acceptors (Lipinski definition) is 6. The van der Waals surface area contributed by atoms with Gasteiger partial charge in [-0.2, -0.15) is 0 Å². The van der Waals surface area contributed by atoms with Crippen LogP contribution in [0.2, 0.25) is 5.02 Å². The lowest BCUT2D eigenvalue weighted by molar-refractivity contribution is -0.156. The van der Waals surface area contributed by atoms with Crippen LogP contribution in [0.3, 0.4) is 0 Å². The van der Waals surface area contributed by atoms with Gasteiger partial charge in [-0.3, -0.25) is 14.4 Å². The van der Waals surface area contributed by atoms with E-state index >= 15 is 0 Å². The first-order valence-electron chi connectivity index (χ1n) is 14.9. The fourth-order valence-corrected chi connectivity index (χ4v) is 9.69. The van der Waals surface area contributed by atoms with E-state index in [1.54, 1.807) is 51.9 Å². The van der Waals surface area contributed by atoms with Gasteiger partial charge in [-0.05, 0) is 68.9 Å². The number of unbranched alkanes of at least 4 members (excludes halogenated alkanes) is 2. The standard InChI is InChI=1S/C34H39ClN2O5S/c1-4-6-7-11-21-42-32(41)28-27-30(39)37(26(22-38)23-12-9-8-10-13-23)29(34(27)19-18-33(28,3)43-34)31(40)36(20-5-2)25-16-14-24(35)15-17-25/h4-5,8-10,12-17,26-29,38H,1-2,6-7,11,18-22H2,3H3/t26-,27+,28+,29?,33-,34?/m1/s1. The largest absolute Gasteiger partial charge is 0.465 e. The van der Waals surface area contributed by atoms with Crippen molar-refractivity contribution in [3.8, 4) is 0 Å². The molecule has 3 aliphatic heterocycles. The molecule has 2 bridgehead atoms. The summed E-state index contributed by atoms with van der Waals surface area (Å²) in [4.78, 5) is 46.4. The number of fused-ring (bicyclic) bond motifs is 1. The zero-order valence-corrected chi connectivity index (χ0v) is 26.1. The molecule has 0 saturated carbocycles. The fraction of sp³-hybridized carbons (Fsp3) is 0.441. The average Bonchev–Trinajstić information content (AvgIpc) is 3.58. The lowest BCUT2D eigenvalue weighted by Gasteiger charge is -2.39. The lowest BCUT2D eigenvalue weighted by atomic mass is 9.66. The summed E-state index contributed by atoms with van der Waals surface area (Å²) >= 11 is 7.74. The molecular weight excluding hydrogens is 584 g/mol. The zero-order valence-electron chi connectivity index (χ0n) is 24.5. The topological polar surface area (TPSA) is 87.1 Å². The second kappa shape index (κ2) is 12.9. The third-order valence-electron chi connectivity index (χ3n) is 9.16. The Morgan fingerprint density at radius 3 is 2.51 bits per heavy atom. The van der Waals surface area contributed by atoms with E-state index in [1.165, 1.54) is 0 Å². The van der Waals surface area contributed by atoms with Crippen molar-refractivity contribution in [1.82, 2.24) is 4.90 Å². The molecule has 3 saturated heterocycles. The van der Waals surface area contributed by atoms with E-state index in [4.69, 9.17) is 16.3 Å². The van der Waals surface area contributed by atoms with E-state index in [9.17, 15) is 19.5 Å². The molecule has 3 fully saturated rings. The molecule has 2 aromatic carbocycles. The number of thioether (sulfide) groups is 1. The van der Waals surface area contributed by atoms with Crippen molar-refractivity contribution in [3.05, 3.63) is 90.5 Å². The molecule has 1 N–H and O–H groups in total. The Kier molecular flexibility index (Phi) is 9.40. The summed E-state index contributed by atoms with van der Waals surface area (Å²) in [7, 11) is 0. The molecule has 1 spiro atoms. The Bertz CT molecular complexity index is 1370. The minimum absolute atomic E-state index is 0.215. The second-order valence-electron chi connectivity index (χ2n) is 11.7. The third kappa shape index (κ3) is 5.54. The Morgan fingerprint density at radius 1 is 1.14 bits per heavy atom. The summed E-state index contributed by atoms with van der Waals surface area (Å²) in [5.74, 6) is -2.40. The van der Waals surface area contributed by atoms with Gasteiger partial charge >= 0.3 is 5.97 Å². The molecule has 3 aliphatic rings. The van der Waals surface area contributed by atoms with Crippen LogP contribution in [0.5, 0.6) is 0 Å². The van der Waals surface area contributed by atoms with E-state index in [0.717, 1.165) is 18.4 Å². The number of carbonyl (C=O) groups is 3. The highest BCUT2D eigenvalue weighted by Crippen LogP contribution is 2.72. The molecule has 5 rings (SSSR count). The molecule has 3 heterocycles. The highest BCUT2D eigenvalue weighted by atomic mass is 35.5. The summed E-state index contributed by atoms with van der Waals surface area (Å²) in [5.41, 5.74) is 1.35. The molecule has 228 valence electrons. The number of anilines is 1. The van der Waals surface area contributed by atoms with E-state index < -0.39 is 33.4 Å². The quantitative estimate of drug-likeness (QED) is 0.168. The van der Waals surface area contributed by atoms with Crippen molar-refractivity contribution in [2.75, 3.05) is 24.7 Å². The Morgan fingerprint density at radius 2 is 1.86 bits per heavy atom. The second-order valence-corrected chi connectivity index (χ2v) is 14.1. The molecule has 6 atom stereocenters. The number of ether oxygens (including phenoxy) is 1. The number of carbonyl (C=O) groups excluding carboxylic acids is 3. The fourth-order valence-electron chi connectivity index (χ4n) is 7.24. The third-order valence-corrected chi connectivity index (χ3v) is 11.4. The monoisotopic (exact) mass is 622 g/mol. The molecule has 2 aromatic rings. The minimum atomic E-state index is -0.921. The van der Waals surface area contributed by atoms with Gasteiger partial charge in [-0.25, -0.2) is 0 Å². The molecule has 7 nitrogen and oxygen atoms in total. The predicted octanol–water partition coefficient (Wildman–Crippen LogP) is 5.97. The highest BCUT2D eigenvalue weighted by Gasteiger charge is 2.78. The van der Waals surface area contributed by atoms with Gasteiger partial charge in [-0.15, -0.1) is 24.9 Å². The SMILES string of the molecule is C=CCCCCOC(=O)[C@@H]1[C@H]2C(=O)N([C@H](CO)c3ccccc3)C(C(=O)N(CC=C)c3ccc(Cl)cc3)C23CC[C@@]1(C)S3. The van der Waals surface area contributed by atoms with Crippen LogP contribution in [0.4, 0.5) is 5.69 Å². The normalized spacial score (nSPS) is 27.9. The van der Waals surface area contributed by atoms with Crippen molar-refractivity contribution in [2.24, 2.45) is 11.8 Å². The molecular formula is C34H39ClN2O5S. The zero-order chi connectivity index (χ0) is 30.8. The van der Waals surface area contributed by atoms with E-state index in [1.807, 2.05) is 43.3 Å². The summed E-state index contributed by atoms with van der Waals surface area (Å²) in [6.07, 6.45) is 7.17. The number of nitrogens with zero attached hydrogens (tertiary/aromatic N) is 2. The minimum Gasteiger partial charge on any atom is -0.465 e. The maximum atomic E-state index is 14.8. The van der Waals surface area contributed by atoms with Gasteiger partial charge in [0.05, 0.1) is 35.8 Å². The first kappa shape index (κ1) is 31.4. The van der Waals surface area contributed by atoms with Crippen LogP contribution < -0.4 is 4.90 Å². The van der Waals surface area contributed by atoms with Gasteiger partial charge in [0.15, 0.2) is 0 Å². The molecule has 43 heavy (non-hydrogen) atoms. The van der Waals surface area contributed by atoms with Crippen molar-refractivity contribution < 1.29 is 24.2 Å². The van der Waals surface area contributed by atoms with E-state index in [2.05, 4.69) is 13.2 Å². The van der Waals surface area contributed by atoms with Gasteiger partial charge < -0.3 is 19.6 Å². The number of allylic oxidation sites excluding steroid dienone is 1. The van der Waals surface area contributed by atoms with Crippen LogP contribution in [0, 0.1) is 11.8 Å². The number of aliphatic hydroxyl groups is 1. The molecule has 2 amide bonds. The van der Waals surface area contributed by atoms with E-state index in [0.29, 0.717) is 30.0 Å². The van der Waals surface area contributed by atoms with Gasteiger partial charge in [0.1, 0.15) is 6.04 Å². The Labute approximate surface area is 262 Å². The number of rotatable bonds is 13.